The lowest BCUT2D eigenvalue weighted by Gasteiger charge is -2.29. The largest absolute Gasteiger partial charge is 0.356 e. The molecule has 0 aromatic heterocycles. The summed E-state index contributed by atoms with van der Waals surface area (Å²) in [6.07, 6.45) is 4.03. The first-order chi connectivity index (χ1) is 8.63. The maximum Gasteiger partial charge on any atom is 0.330 e. The second-order valence-corrected chi connectivity index (χ2v) is 6.24. The summed E-state index contributed by atoms with van der Waals surface area (Å²) in [5.74, 6) is 0. The standard InChI is InChI=1S/C10H21O5P.C2H6/c1-12-10-6-4-5-9(15-10)7-8-16(11,13-2)14-3;1-2/h9-10H,4-8H2,1-3H3;1-2H3. The van der Waals surface area contributed by atoms with Gasteiger partial charge in [-0.15, -0.1) is 0 Å². The Labute approximate surface area is 111 Å². The van der Waals surface area contributed by atoms with E-state index >= 15 is 0 Å². The minimum absolute atomic E-state index is 0.0947. The van der Waals surface area contributed by atoms with Crippen LogP contribution in [0.3, 0.4) is 0 Å². The Balaban J connectivity index is 0.00000137. The quantitative estimate of drug-likeness (QED) is 0.699. The highest BCUT2D eigenvalue weighted by Crippen LogP contribution is 2.47. The van der Waals surface area contributed by atoms with Gasteiger partial charge < -0.3 is 18.5 Å². The topological polar surface area (TPSA) is 54.0 Å². The SMILES string of the molecule is CC.COC1CCCC(CCP(=O)(OC)OC)O1. The van der Waals surface area contributed by atoms with Gasteiger partial charge in [0.1, 0.15) is 0 Å². The van der Waals surface area contributed by atoms with Crippen molar-refractivity contribution in [2.45, 2.75) is 51.9 Å². The first kappa shape index (κ1) is 18.1. The Morgan fingerprint density at radius 1 is 1.17 bits per heavy atom. The molecule has 1 aliphatic heterocycles. The molecule has 0 aromatic carbocycles. The van der Waals surface area contributed by atoms with Gasteiger partial charge in [-0.2, -0.15) is 0 Å². The van der Waals surface area contributed by atoms with Gasteiger partial charge in [0, 0.05) is 21.3 Å². The molecule has 1 saturated heterocycles. The first-order valence-corrected chi connectivity index (χ1v) is 8.25. The zero-order chi connectivity index (χ0) is 14.0. The minimum atomic E-state index is -2.90. The van der Waals surface area contributed by atoms with Crippen LogP contribution >= 0.6 is 7.60 Å². The van der Waals surface area contributed by atoms with Gasteiger partial charge in [-0.1, -0.05) is 13.8 Å². The fourth-order valence-corrected chi connectivity index (χ4v) is 2.93. The van der Waals surface area contributed by atoms with Crippen molar-refractivity contribution in [2.24, 2.45) is 0 Å². The van der Waals surface area contributed by atoms with Crippen LogP contribution in [0.4, 0.5) is 0 Å². The molecule has 110 valence electrons. The lowest BCUT2D eigenvalue weighted by molar-refractivity contribution is -0.180. The monoisotopic (exact) mass is 282 g/mol. The second-order valence-electron chi connectivity index (χ2n) is 3.84. The molecule has 1 aliphatic rings. The number of ether oxygens (including phenoxy) is 2. The van der Waals surface area contributed by atoms with E-state index in [0.29, 0.717) is 12.6 Å². The molecule has 18 heavy (non-hydrogen) atoms. The summed E-state index contributed by atoms with van der Waals surface area (Å²) in [7, 11) is 1.56. The number of hydrogen-bond acceptors (Lipinski definition) is 5. The van der Waals surface area contributed by atoms with E-state index < -0.39 is 7.60 Å². The van der Waals surface area contributed by atoms with Crippen molar-refractivity contribution in [1.82, 2.24) is 0 Å². The van der Waals surface area contributed by atoms with Gasteiger partial charge in [0.15, 0.2) is 6.29 Å². The van der Waals surface area contributed by atoms with Crippen LogP contribution in [-0.2, 0) is 23.1 Å². The first-order valence-electron chi connectivity index (χ1n) is 6.52. The van der Waals surface area contributed by atoms with Gasteiger partial charge in [-0.25, -0.2) is 0 Å². The van der Waals surface area contributed by atoms with Gasteiger partial charge in [-0.05, 0) is 25.7 Å². The summed E-state index contributed by atoms with van der Waals surface area (Å²) in [5.41, 5.74) is 0. The van der Waals surface area contributed by atoms with Crippen LogP contribution < -0.4 is 0 Å². The van der Waals surface area contributed by atoms with Crippen molar-refractivity contribution >= 4 is 7.60 Å². The van der Waals surface area contributed by atoms with E-state index in [1.807, 2.05) is 13.8 Å². The van der Waals surface area contributed by atoms with E-state index in [1.165, 1.54) is 14.2 Å². The smallest absolute Gasteiger partial charge is 0.330 e. The normalized spacial score (nSPS) is 24.3. The second kappa shape index (κ2) is 9.93. The fraction of sp³-hybridized carbons (Fsp3) is 1.00. The van der Waals surface area contributed by atoms with Crippen LogP contribution in [0.1, 0.15) is 39.5 Å². The zero-order valence-corrected chi connectivity index (χ0v) is 13.1. The Hall–Kier alpha value is 0.0700. The van der Waals surface area contributed by atoms with Crippen molar-refractivity contribution in [3.63, 3.8) is 0 Å². The third kappa shape index (κ3) is 6.30. The summed E-state index contributed by atoms with van der Waals surface area (Å²) >= 11 is 0. The Morgan fingerprint density at radius 3 is 2.28 bits per heavy atom. The summed E-state index contributed by atoms with van der Waals surface area (Å²) in [6.45, 7) is 4.00. The van der Waals surface area contributed by atoms with Crippen LogP contribution in [-0.4, -0.2) is 39.9 Å². The fourth-order valence-electron chi connectivity index (χ4n) is 1.81. The Kier molecular flexibility index (Phi) is 9.97. The van der Waals surface area contributed by atoms with Gasteiger partial charge in [0.25, 0.3) is 0 Å². The molecule has 0 spiro atoms. The maximum atomic E-state index is 11.8. The molecule has 1 rings (SSSR count). The molecule has 5 nitrogen and oxygen atoms in total. The lowest BCUT2D eigenvalue weighted by atomic mass is 10.1. The van der Waals surface area contributed by atoms with Crippen LogP contribution in [0.25, 0.3) is 0 Å². The highest BCUT2D eigenvalue weighted by atomic mass is 31.2. The van der Waals surface area contributed by atoms with Crippen molar-refractivity contribution in [1.29, 1.82) is 0 Å². The molecule has 0 bridgehead atoms. The zero-order valence-electron chi connectivity index (χ0n) is 12.2. The average Bonchev–Trinajstić information content (AvgIpc) is 2.47. The van der Waals surface area contributed by atoms with Crippen molar-refractivity contribution in [3.05, 3.63) is 0 Å². The molecule has 0 amide bonds. The molecule has 0 aliphatic carbocycles. The third-order valence-corrected chi connectivity index (χ3v) is 4.77. The predicted octanol–water partition coefficient (Wildman–Crippen LogP) is 3.43. The van der Waals surface area contributed by atoms with Crippen molar-refractivity contribution in [3.8, 4) is 0 Å². The number of hydrogen-bond donors (Lipinski definition) is 0. The van der Waals surface area contributed by atoms with Crippen LogP contribution in [0, 0.1) is 0 Å². The summed E-state index contributed by atoms with van der Waals surface area (Å²) in [4.78, 5) is 0. The lowest BCUT2D eigenvalue weighted by Crippen LogP contribution is -2.29. The summed E-state index contributed by atoms with van der Waals surface area (Å²) < 4.78 is 32.4. The van der Waals surface area contributed by atoms with Crippen LogP contribution in [0.5, 0.6) is 0 Å². The van der Waals surface area contributed by atoms with E-state index in [2.05, 4.69) is 0 Å². The molecule has 0 N–H and O–H groups in total. The highest BCUT2D eigenvalue weighted by Gasteiger charge is 2.27. The van der Waals surface area contributed by atoms with E-state index in [9.17, 15) is 4.57 Å². The number of rotatable bonds is 6. The number of methoxy groups -OCH3 is 1. The summed E-state index contributed by atoms with van der Waals surface area (Å²) in [6, 6.07) is 0. The molecular formula is C12H27O5P. The third-order valence-electron chi connectivity index (χ3n) is 2.85. The van der Waals surface area contributed by atoms with Gasteiger partial charge in [0.05, 0.1) is 12.3 Å². The Bertz CT molecular complexity index is 239. The minimum Gasteiger partial charge on any atom is -0.356 e. The van der Waals surface area contributed by atoms with Crippen LogP contribution in [0.15, 0.2) is 0 Å². The van der Waals surface area contributed by atoms with Crippen molar-refractivity contribution < 1.29 is 23.1 Å². The van der Waals surface area contributed by atoms with Crippen LogP contribution in [0.2, 0.25) is 0 Å². The molecule has 6 heteroatoms. The molecule has 0 saturated carbocycles. The maximum absolute atomic E-state index is 11.8. The molecule has 0 aromatic rings. The van der Waals surface area contributed by atoms with Crippen molar-refractivity contribution in [2.75, 3.05) is 27.5 Å². The molecule has 2 unspecified atom stereocenters. The molecule has 1 fully saturated rings. The average molecular weight is 282 g/mol. The molecule has 2 atom stereocenters. The van der Waals surface area contributed by atoms with E-state index in [0.717, 1.165) is 19.3 Å². The molecular weight excluding hydrogens is 255 g/mol. The molecule has 1 heterocycles. The highest BCUT2D eigenvalue weighted by molar-refractivity contribution is 7.53. The van der Waals surface area contributed by atoms with E-state index in [1.54, 1.807) is 7.11 Å². The Morgan fingerprint density at radius 2 is 1.78 bits per heavy atom. The van der Waals surface area contributed by atoms with Gasteiger partial charge in [-0.3, -0.25) is 4.57 Å². The molecule has 0 radical (unpaired) electrons. The van der Waals surface area contributed by atoms with Gasteiger partial charge >= 0.3 is 7.60 Å². The van der Waals surface area contributed by atoms with E-state index in [4.69, 9.17) is 18.5 Å². The van der Waals surface area contributed by atoms with Gasteiger partial charge in [0.2, 0.25) is 0 Å². The van der Waals surface area contributed by atoms with E-state index in [-0.39, 0.29) is 12.4 Å². The predicted molar refractivity (Wildman–Crippen MR) is 72.0 cm³/mol. The summed E-state index contributed by atoms with van der Waals surface area (Å²) in [5, 5.41) is 0.